The molecule has 0 aliphatic heterocycles. The summed E-state index contributed by atoms with van der Waals surface area (Å²) >= 11 is 0. The van der Waals surface area contributed by atoms with Gasteiger partial charge in [-0.2, -0.15) is 8.78 Å². The molecule has 0 heterocycles. The maximum Gasteiger partial charge on any atom is 0.368 e. The van der Waals surface area contributed by atoms with E-state index < -0.39 is 26.2 Å². The Labute approximate surface area is 104 Å². The fraction of sp³-hybridized carbons (Fsp3) is 0.417. The summed E-state index contributed by atoms with van der Waals surface area (Å²) < 4.78 is 50.2. The van der Waals surface area contributed by atoms with Gasteiger partial charge >= 0.3 is 12.3 Å². The molecule has 1 nitrogen and oxygen atoms in total. The quantitative estimate of drug-likeness (QED) is 0.469. The van der Waals surface area contributed by atoms with E-state index in [1.807, 2.05) is 19.6 Å². The lowest BCUT2D eigenvalue weighted by atomic mass is 10.1. The Morgan fingerprint density at radius 3 is 2.22 bits per heavy atom. The Bertz CT molecular complexity index is 452. The van der Waals surface area contributed by atoms with Crippen molar-refractivity contribution in [3.63, 3.8) is 0 Å². The van der Waals surface area contributed by atoms with Crippen LogP contribution < -0.4 is 5.19 Å². The third kappa shape index (κ3) is 2.98. The van der Waals surface area contributed by atoms with E-state index in [2.05, 4.69) is 0 Å². The van der Waals surface area contributed by atoms with Crippen LogP contribution in [0.4, 0.5) is 17.6 Å². The number of Topliss-reactive ketones (excluding diaryl/α,β-unsaturated/α-hetero) is 1. The molecule has 6 heteroatoms. The summed E-state index contributed by atoms with van der Waals surface area (Å²) in [6.07, 6.45) is -3.99. The van der Waals surface area contributed by atoms with Gasteiger partial charge in [-0.15, -0.1) is 0 Å². The molecule has 0 spiro atoms. The highest BCUT2D eigenvalue weighted by molar-refractivity contribution is 6.88. The van der Waals surface area contributed by atoms with Crippen molar-refractivity contribution in [3.05, 3.63) is 29.8 Å². The third-order valence-electron chi connectivity index (χ3n) is 2.57. The molecule has 0 aliphatic carbocycles. The average molecular weight is 278 g/mol. The predicted octanol–water partition coefficient (Wildman–Crippen LogP) is 3.31. The van der Waals surface area contributed by atoms with Crippen LogP contribution in [0.2, 0.25) is 19.6 Å². The fourth-order valence-corrected chi connectivity index (χ4v) is 2.60. The lowest BCUT2D eigenvalue weighted by Gasteiger charge is -2.19. The number of rotatable bonds is 4. The second kappa shape index (κ2) is 4.83. The first-order valence-corrected chi connectivity index (χ1v) is 8.88. The Kier molecular flexibility index (Phi) is 4.00. The molecule has 0 fully saturated rings. The Morgan fingerprint density at radius 1 is 1.22 bits per heavy atom. The smallest absolute Gasteiger partial charge is 0.287 e. The summed E-state index contributed by atoms with van der Waals surface area (Å²) in [7, 11) is -1.78. The minimum atomic E-state index is -4.63. The Balaban J connectivity index is 3.16. The highest BCUT2D eigenvalue weighted by atomic mass is 28.3. The number of halogens is 4. The first-order chi connectivity index (χ1) is 8.06. The minimum absolute atomic E-state index is 0.361. The molecule has 0 radical (unpaired) electrons. The van der Waals surface area contributed by atoms with Crippen LogP contribution in [0.25, 0.3) is 0 Å². The van der Waals surface area contributed by atoms with Crippen LogP contribution in [0, 0.1) is 0 Å². The van der Waals surface area contributed by atoms with Crippen molar-refractivity contribution in [2.24, 2.45) is 0 Å². The number of alkyl halides is 4. The van der Waals surface area contributed by atoms with Crippen LogP contribution in [0.1, 0.15) is 10.4 Å². The van der Waals surface area contributed by atoms with Gasteiger partial charge in [0.05, 0.1) is 8.07 Å². The first-order valence-electron chi connectivity index (χ1n) is 5.38. The summed E-state index contributed by atoms with van der Waals surface area (Å²) in [6.45, 7) is 5.92. The van der Waals surface area contributed by atoms with Gasteiger partial charge in [-0.05, 0) is 0 Å². The molecule has 1 rings (SSSR count). The zero-order valence-corrected chi connectivity index (χ0v) is 11.3. The molecule has 0 amide bonds. The number of hydrogen-bond acceptors (Lipinski definition) is 1. The van der Waals surface area contributed by atoms with Crippen LogP contribution in [-0.4, -0.2) is 26.2 Å². The monoisotopic (exact) mass is 278 g/mol. The van der Waals surface area contributed by atoms with Gasteiger partial charge < -0.3 is 0 Å². The third-order valence-corrected chi connectivity index (χ3v) is 4.61. The highest BCUT2D eigenvalue weighted by Crippen LogP contribution is 2.27. The van der Waals surface area contributed by atoms with Gasteiger partial charge in [0.2, 0.25) is 5.78 Å². The van der Waals surface area contributed by atoms with E-state index >= 15 is 0 Å². The standard InChI is InChI=1S/C12H14F4OSi/c1-18(2,3)9-6-4-5-8(7-9)10(17)12(15,16)11(13)14/h4-7,11H,1-3H3. The molecule has 0 atom stereocenters. The molecular weight excluding hydrogens is 264 g/mol. The summed E-state index contributed by atoms with van der Waals surface area (Å²) in [6, 6.07) is 5.61. The largest absolute Gasteiger partial charge is 0.368 e. The minimum Gasteiger partial charge on any atom is -0.287 e. The number of carbonyl (C=O) groups is 1. The SMILES string of the molecule is C[Si](C)(C)c1cccc(C(=O)C(F)(F)C(F)F)c1. The molecule has 0 aromatic heterocycles. The molecule has 0 aliphatic rings. The van der Waals surface area contributed by atoms with Crippen molar-refractivity contribution in [2.45, 2.75) is 32.0 Å². The van der Waals surface area contributed by atoms with Crippen LogP contribution in [0.5, 0.6) is 0 Å². The van der Waals surface area contributed by atoms with Crippen LogP contribution in [-0.2, 0) is 0 Å². The highest BCUT2D eigenvalue weighted by Gasteiger charge is 2.49. The Morgan fingerprint density at radius 2 is 1.78 bits per heavy atom. The van der Waals surface area contributed by atoms with Gasteiger partial charge in [-0.1, -0.05) is 49.1 Å². The van der Waals surface area contributed by atoms with E-state index in [1.54, 1.807) is 6.07 Å². The summed E-state index contributed by atoms with van der Waals surface area (Å²) in [5, 5.41) is 0.776. The van der Waals surface area contributed by atoms with E-state index in [0.717, 1.165) is 11.3 Å². The van der Waals surface area contributed by atoms with Crippen molar-refractivity contribution >= 4 is 19.0 Å². The lowest BCUT2D eigenvalue weighted by Crippen LogP contribution is -2.40. The zero-order chi connectivity index (χ0) is 14.1. The van der Waals surface area contributed by atoms with Gasteiger partial charge in [-0.3, -0.25) is 4.79 Å². The second-order valence-electron chi connectivity index (χ2n) is 5.08. The molecule has 0 saturated heterocycles. The van der Waals surface area contributed by atoms with Gasteiger partial charge in [0.15, 0.2) is 0 Å². The molecule has 0 unspecified atom stereocenters. The van der Waals surface area contributed by atoms with Gasteiger partial charge in [-0.25, -0.2) is 8.78 Å². The van der Waals surface area contributed by atoms with E-state index in [4.69, 9.17) is 0 Å². The van der Waals surface area contributed by atoms with E-state index in [0.29, 0.717) is 0 Å². The van der Waals surface area contributed by atoms with Crippen LogP contribution in [0.15, 0.2) is 24.3 Å². The van der Waals surface area contributed by atoms with E-state index in [-0.39, 0.29) is 5.56 Å². The van der Waals surface area contributed by atoms with Gasteiger partial charge in [0, 0.05) is 5.56 Å². The molecule has 0 bridgehead atoms. The number of ketones is 1. The zero-order valence-electron chi connectivity index (χ0n) is 10.3. The molecule has 0 saturated carbocycles. The van der Waals surface area contributed by atoms with Gasteiger partial charge in [0.1, 0.15) is 0 Å². The topological polar surface area (TPSA) is 17.1 Å². The summed E-state index contributed by atoms with van der Waals surface area (Å²) in [4.78, 5) is 11.4. The normalized spacial score (nSPS) is 12.9. The summed E-state index contributed by atoms with van der Waals surface area (Å²) in [5.41, 5.74) is -0.361. The van der Waals surface area contributed by atoms with E-state index in [1.165, 1.54) is 12.1 Å². The molecule has 1 aromatic carbocycles. The summed E-state index contributed by atoms with van der Waals surface area (Å²) in [5.74, 6) is -6.45. The number of carbonyl (C=O) groups excluding carboxylic acids is 1. The first kappa shape index (κ1) is 14.9. The maximum atomic E-state index is 13.0. The van der Waals surface area contributed by atoms with Crippen molar-refractivity contribution < 1.29 is 22.4 Å². The average Bonchev–Trinajstić information content (AvgIpc) is 2.26. The molecule has 18 heavy (non-hydrogen) atoms. The second-order valence-corrected chi connectivity index (χ2v) is 10.2. The Hall–Kier alpha value is -1.17. The predicted molar refractivity (Wildman–Crippen MR) is 64.7 cm³/mol. The molecular formula is C12H14F4OSi. The molecule has 1 aromatic rings. The van der Waals surface area contributed by atoms with Crippen molar-refractivity contribution in [1.29, 1.82) is 0 Å². The molecule has 0 N–H and O–H groups in total. The number of hydrogen-bond donors (Lipinski definition) is 0. The maximum absolute atomic E-state index is 13.0. The van der Waals surface area contributed by atoms with Crippen molar-refractivity contribution in [3.8, 4) is 0 Å². The van der Waals surface area contributed by atoms with E-state index in [9.17, 15) is 22.4 Å². The van der Waals surface area contributed by atoms with Gasteiger partial charge in [0.25, 0.3) is 0 Å². The van der Waals surface area contributed by atoms with Crippen LogP contribution in [0.3, 0.4) is 0 Å². The van der Waals surface area contributed by atoms with Crippen molar-refractivity contribution in [1.82, 2.24) is 0 Å². The number of benzene rings is 1. The van der Waals surface area contributed by atoms with Crippen LogP contribution >= 0.6 is 0 Å². The fourth-order valence-electron chi connectivity index (χ4n) is 1.42. The van der Waals surface area contributed by atoms with Crippen molar-refractivity contribution in [2.75, 3.05) is 0 Å². The lowest BCUT2D eigenvalue weighted by molar-refractivity contribution is -0.0958. The molecule has 100 valence electrons.